The number of nitrogens with one attached hydrogen (secondary N) is 1. The number of benzene rings is 1. The molecule has 1 aromatic carbocycles. The molecule has 98 valence electrons. The van der Waals surface area contributed by atoms with E-state index in [4.69, 9.17) is 0 Å². The van der Waals surface area contributed by atoms with Crippen molar-refractivity contribution >= 4 is 16.7 Å². The van der Waals surface area contributed by atoms with Crippen LogP contribution >= 0.6 is 0 Å². The van der Waals surface area contributed by atoms with Gasteiger partial charge in [-0.2, -0.15) is 0 Å². The highest BCUT2D eigenvalue weighted by atomic mass is 16.1. The summed E-state index contributed by atoms with van der Waals surface area (Å²) in [5, 5.41) is 0.521. The van der Waals surface area contributed by atoms with Gasteiger partial charge < -0.3 is 4.98 Å². The Morgan fingerprint density at radius 2 is 1.85 bits per heavy atom. The number of para-hydroxylation sites is 1. The lowest BCUT2D eigenvalue weighted by Crippen LogP contribution is -2.15. The molecule has 5 nitrogen and oxygen atoms in total. The third-order valence-electron chi connectivity index (χ3n) is 2.99. The average molecular weight is 265 g/mol. The van der Waals surface area contributed by atoms with E-state index >= 15 is 0 Å². The molecule has 0 bridgehead atoms. The summed E-state index contributed by atoms with van der Waals surface area (Å²) < 4.78 is 0. The molecule has 0 radical (unpaired) electrons. The van der Waals surface area contributed by atoms with Crippen LogP contribution in [0.4, 0.5) is 0 Å². The standard InChI is InChI=1S/C15H11N3O2/c19-13(10-5-7-16-8-6-10)9-14-17-12-4-2-1-3-11(12)15(20)18-14/h1-8H,9H2,(H,17,18,20). The van der Waals surface area contributed by atoms with Crippen molar-refractivity contribution in [3.05, 3.63) is 70.5 Å². The number of carbonyl (C=O) groups is 1. The van der Waals surface area contributed by atoms with Gasteiger partial charge >= 0.3 is 0 Å². The summed E-state index contributed by atoms with van der Waals surface area (Å²) in [5.41, 5.74) is 0.915. The molecule has 3 rings (SSSR count). The number of rotatable bonds is 3. The first kappa shape index (κ1) is 12.2. The van der Waals surface area contributed by atoms with Crippen molar-refractivity contribution in [2.75, 3.05) is 0 Å². The van der Waals surface area contributed by atoms with Crippen LogP contribution in [-0.2, 0) is 6.42 Å². The Morgan fingerprint density at radius 1 is 1.10 bits per heavy atom. The van der Waals surface area contributed by atoms with Gasteiger partial charge in [0.1, 0.15) is 5.82 Å². The van der Waals surface area contributed by atoms with E-state index in [0.29, 0.717) is 22.3 Å². The van der Waals surface area contributed by atoms with Crippen LogP contribution in [0.15, 0.2) is 53.6 Å². The van der Waals surface area contributed by atoms with Gasteiger partial charge in [-0.3, -0.25) is 14.6 Å². The number of Topliss-reactive ketones (excluding diaryl/α,β-unsaturated/α-hetero) is 1. The number of H-pyrrole nitrogens is 1. The van der Waals surface area contributed by atoms with Crippen LogP contribution in [0.3, 0.4) is 0 Å². The second kappa shape index (κ2) is 5.05. The van der Waals surface area contributed by atoms with Gasteiger partial charge in [-0.1, -0.05) is 12.1 Å². The van der Waals surface area contributed by atoms with Gasteiger partial charge in [0.25, 0.3) is 5.56 Å². The molecule has 0 aliphatic rings. The lowest BCUT2D eigenvalue weighted by atomic mass is 10.1. The molecule has 3 aromatic rings. The van der Waals surface area contributed by atoms with Gasteiger partial charge in [0.2, 0.25) is 0 Å². The number of hydrogen-bond donors (Lipinski definition) is 1. The van der Waals surface area contributed by atoms with Crippen molar-refractivity contribution in [3.8, 4) is 0 Å². The van der Waals surface area contributed by atoms with Gasteiger partial charge in [-0.05, 0) is 24.3 Å². The van der Waals surface area contributed by atoms with Crippen molar-refractivity contribution in [3.63, 3.8) is 0 Å². The number of hydrogen-bond acceptors (Lipinski definition) is 4. The van der Waals surface area contributed by atoms with Crippen LogP contribution in [0.5, 0.6) is 0 Å². The molecule has 5 heteroatoms. The van der Waals surface area contributed by atoms with Gasteiger partial charge in [0.05, 0.1) is 17.3 Å². The Hall–Kier alpha value is -2.82. The summed E-state index contributed by atoms with van der Waals surface area (Å²) in [5.74, 6) is 0.265. The SMILES string of the molecule is O=C(Cc1nc2ccccc2c(=O)[nH]1)c1ccncc1. The molecule has 0 unspecified atom stereocenters. The molecule has 1 N–H and O–H groups in total. The maximum absolute atomic E-state index is 12.1. The molecule has 0 saturated heterocycles. The molecule has 0 saturated carbocycles. The van der Waals surface area contributed by atoms with Crippen molar-refractivity contribution in [2.24, 2.45) is 0 Å². The average Bonchev–Trinajstić information content (AvgIpc) is 2.48. The van der Waals surface area contributed by atoms with E-state index < -0.39 is 0 Å². The Balaban J connectivity index is 1.96. The fourth-order valence-electron chi connectivity index (χ4n) is 2.01. The second-order valence-corrected chi connectivity index (χ2v) is 4.37. The maximum Gasteiger partial charge on any atom is 0.258 e. The predicted molar refractivity (Wildman–Crippen MR) is 74.6 cm³/mol. The van der Waals surface area contributed by atoms with Gasteiger partial charge in [0, 0.05) is 18.0 Å². The number of pyridine rings is 1. The van der Waals surface area contributed by atoms with Crippen LogP contribution in [0.1, 0.15) is 16.2 Å². The number of aromatic nitrogens is 3. The Kier molecular flexibility index (Phi) is 3.09. The highest BCUT2D eigenvalue weighted by molar-refractivity contribution is 5.97. The predicted octanol–water partition coefficient (Wildman–Crippen LogP) is 1.74. The smallest absolute Gasteiger partial charge is 0.258 e. The molecule has 2 aromatic heterocycles. The first-order valence-electron chi connectivity index (χ1n) is 6.15. The zero-order valence-corrected chi connectivity index (χ0v) is 10.5. The number of ketones is 1. The van der Waals surface area contributed by atoms with Crippen molar-refractivity contribution in [2.45, 2.75) is 6.42 Å². The Morgan fingerprint density at radius 3 is 2.65 bits per heavy atom. The number of carbonyl (C=O) groups excluding carboxylic acids is 1. The Bertz CT molecular complexity index is 825. The van der Waals surface area contributed by atoms with Crippen molar-refractivity contribution in [1.29, 1.82) is 0 Å². The highest BCUT2D eigenvalue weighted by Gasteiger charge is 2.10. The van der Waals surface area contributed by atoms with E-state index in [0.717, 1.165) is 0 Å². The van der Waals surface area contributed by atoms with E-state index in [1.54, 1.807) is 42.7 Å². The lowest BCUT2D eigenvalue weighted by Gasteiger charge is -2.02. The summed E-state index contributed by atoms with van der Waals surface area (Å²) in [6, 6.07) is 10.3. The number of aromatic amines is 1. The molecule has 2 heterocycles. The monoisotopic (exact) mass is 265 g/mol. The topological polar surface area (TPSA) is 75.7 Å². The van der Waals surface area contributed by atoms with E-state index in [-0.39, 0.29) is 17.8 Å². The molecule has 0 aliphatic carbocycles. The van der Waals surface area contributed by atoms with Crippen LogP contribution in [0.2, 0.25) is 0 Å². The fraction of sp³-hybridized carbons (Fsp3) is 0.0667. The molecule has 20 heavy (non-hydrogen) atoms. The summed E-state index contributed by atoms with van der Waals surface area (Å²) in [6.07, 6.45) is 3.18. The molecular weight excluding hydrogens is 254 g/mol. The molecule has 0 spiro atoms. The van der Waals surface area contributed by atoms with Crippen LogP contribution in [0.25, 0.3) is 10.9 Å². The molecule has 0 fully saturated rings. The quantitative estimate of drug-likeness (QED) is 0.732. The number of fused-ring (bicyclic) bond motifs is 1. The fourth-order valence-corrected chi connectivity index (χ4v) is 2.01. The molecule has 0 aliphatic heterocycles. The van der Waals surface area contributed by atoms with Crippen LogP contribution in [-0.4, -0.2) is 20.7 Å². The third-order valence-corrected chi connectivity index (χ3v) is 2.99. The minimum atomic E-state index is -0.229. The zero-order chi connectivity index (χ0) is 13.9. The maximum atomic E-state index is 12.1. The van der Waals surface area contributed by atoms with E-state index in [9.17, 15) is 9.59 Å². The summed E-state index contributed by atoms with van der Waals surface area (Å²) in [4.78, 5) is 34.8. The van der Waals surface area contributed by atoms with Crippen molar-refractivity contribution in [1.82, 2.24) is 15.0 Å². The summed E-state index contributed by atoms with van der Waals surface area (Å²) >= 11 is 0. The minimum absolute atomic E-state index is 0.0596. The molecule has 0 atom stereocenters. The third kappa shape index (κ3) is 2.33. The van der Waals surface area contributed by atoms with Crippen molar-refractivity contribution < 1.29 is 4.79 Å². The van der Waals surface area contributed by atoms with E-state index in [1.807, 2.05) is 6.07 Å². The van der Waals surface area contributed by atoms with E-state index in [2.05, 4.69) is 15.0 Å². The molecular formula is C15H11N3O2. The summed E-state index contributed by atoms with van der Waals surface area (Å²) in [6.45, 7) is 0. The van der Waals surface area contributed by atoms with Crippen LogP contribution < -0.4 is 5.56 Å². The highest BCUT2D eigenvalue weighted by Crippen LogP contribution is 2.07. The Labute approximate surface area is 114 Å². The van der Waals surface area contributed by atoms with Gasteiger partial charge in [-0.15, -0.1) is 0 Å². The number of nitrogens with zero attached hydrogens (tertiary/aromatic N) is 2. The van der Waals surface area contributed by atoms with E-state index in [1.165, 1.54) is 0 Å². The van der Waals surface area contributed by atoms with Gasteiger partial charge in [0.15, 0.2) is 5.78 Å². The molecule has 0 amide bonds. The summed E-state index contributed by atoms with van der Waals surface area (Å²) in [7, 11) is 0. The normalized spacial score (nSPS) is 10.6. The zero-order valence-electron chi connectivity index (χ0n) is 10.5. The lowest BCUT2D eigenvalue weighted by molar-refractivity contribution is 0.0990. The second-order valence-electron chi connectivity index (χ2n) is 4.37. The van der Waals surface area contributed by atoms with Crippen LogP contribution in [0, 0.1) is 0 Å². The first-order chi connectivity index (χ1) is 9.74. The van der Waals surface area contributed by atoms with Gasteiger partial charge in [-0.25, -0.2) is 4.98 Å². The largest absolute Gasteiger partial charge is 0.310 e. The first-order valence-corrected chi connectivity index (χ1v) is 6.15. The minimum Gasteiger partial charge on any atom is -0.310 e.